The van der Waals surface area contributed by atoms with Gasteiger partial charge in [0, 0.05) is 25.7 Å². The van der Waals surface area contributed by atoms with Gasteiger partial charge in [0.1, 0.15) is 0 Å². The summed E-state index contributed by atoms with van der Waals surface area (Å²) in [6, 6.07) is 4.98. The van der Waals surface area contributed by atoms with E-state index in [0.717, 1.165) is 19.6 Å². The van der Waals surface area contributed by atoms with Gasteiger partial charge < -0.3 is 5.73 Å². The first-order valence-electron chi connectivity index (χ1n) is 6.52. The third-order valence-electron chi connectivity index (χ3n) is 4.09. The van der Waals surface area contributed by atoms with Crippen LogP contribution in [-0.2, 0) is 6.54 Å². The number of halogens is 1. The Labute approximate surface area is 117 Å². The van der Waals surface area contributed by atoms with Gasteiger partial charge in [0.2, 0.25) is 0 Å². The van der Waals surface area contributed by atoms with Crippen LogP contribution in [-0.4, -0.2) is 24.0 Å². The molecule has 2 atom stereocenters. The van der Waals surface area contributed by atoms with Crippen LogP contribution < -0.4 is 5.73 Å². The van der Waals surface area contributed by atoms with Gasteiger partial charge in [0.15, 0.2) is 0 Å². The molecule has 18 heavy (non-hydrogen) atoms. The van der Waals surface area contributed by atoms with Gasteiger partial charge in [-0.2, -0.15) is 0 Å². The average molecular weight is 269 g/mol. The van der Waals surface area contributed by atoms with Gasteiger partial charge in [-0.1, -0.05) is 19.1 Å². The fourth-order valence-electron chi connectivity index (χ4n) is 2.66. The molecule has 1 saturated heterocycles. The van der Waals surface area contributed by atoms with Crippen LogP contribution in [0.4, 0.5) is 0 Å². The maximum Gasteiger partial charge on any atom is 0.0237 e. The van der Waals surface area contributed by atoms with E-state index in [1.807, 2.05) is 0 Å². The molecule has 2 nitrogen and oxygen atoms in total. The number of rotatable bonds is 2. The lowest BCUT2D eigenvalue weighted by Gasteiger charge is -2.18. The summed E-state index contributed by atoms with van der Waals surface area (Å²) in [5.41, 5.74) is 11.7. The fourth-order valence-corrected chi connectivity index (χ4v) is 2.66. The van der Waals surface area contributed by atoms with Crippen LogP contribution in [0.2, 0.25) is 0 Å². The van der Waals surface area contributed by atoms with Gasteiger partial charge in [-0.3, -0.25) is 4.90 Å². The molecular weight excluding hydrogens is 244 g/mol. The maximum absolute atomic E-state index is 6.07. The van der Waals surface area contributed by atoms with Crippen molar-refractivity contribution in [1.82, 2.24) is 4.90 Å². The van der Waals surface area contributed by atoms with Crippen LogP contribution in [0.25, 0.3) is 0 Å². The zero-order valence-corrected chi connectivity index (χ0v) is 12.7. The number of nitrogens with two attached hydrogens (primary N) is 1. The number of hydrogen-bond donors (Lipinski definition) is 1. The maximum atomic E-state index is 6.07. The lowest BCUT2D eigenvalue weighted by atomic mass is 10.0. The van der Waals surface area contributed by atoms with Crippen molar-refractivity contribution in [2.75, 3.05) is 13.1 Å². The molecule has 0 aliphatic carbocycles. The predicted octanol–water partition coefficient (Wildman–Crippen LogP) is 2.81. The lowest BCUT2D eigenvalue weighted by Crippen LogP contribution is -2.28. The van der Waals surface area contributed by atoms with Crippen molar-refractivity contribution in [2.24, 2.45) is 11.7 Å². The summed E-state index contributed by atoms with van der Waals surface area (Å²) >= 11 is 0. The highest BCUT2D eigenvalue weighted by Crippen LogP contribution is 2.21. The quantitative estimate of drug-likeness (QED) is 0.894. The van der Waals surface area contributed by atoms with Crippen LogP contribution in [0.1, 0.15) is 29.2 Å². The smallest absolute Gasteiger partial charge is 0.0237 e. The van der Waals surface area contributed by atoms with E-state index in [2.05, 4.69) is 44.7 Å². The minimum atomic E-state index is 0. The van der Waals surface area contributed by atoms with Crippen molar-refractivity contribution < 1.29 is 0 Å². The lowest BCUT2D eigenvalue weighted by molar-refractivity contribution is 0.318. The standard InChI is InChI=1S/C15H24N2.ClH/c1-10-5-12(3)14(6-11(10)2)8-17-7-13(4)15(16)9-17;/h5-6,13,15H,7-9,16H2,1-4H3;1H. The topological polar surface area (TPSA) is 29.3 Å². The Morgan fingerprint density at radius 1 is 1.11 bits per heavy atom. The molecule has 0 saturated carbocycles. The molecule has 1 aliphatic heterocycles. The van der Waals surface area contributed by atoms with Crippen LogP contribution in [0, 0.1) is 26.7 Å². The predicted molar refractivity (Wildman–Crippen MR) is 80.3 cm³/mol. The van der Waals surface area contributed by atoms with E-state index in [9.17, 15) is 0 Å². The summed E-state index contributed by atoms with van der Waals surface area (Å²) in [4.78, 5) is 2.48. The number of benzene rings is 1. The molecule has 1 aromatic carbocycles. The van der Waals surface area contributed by atoms with Crippen molar-refractivity contribution in [2.45, 2.75) is 40.3 Å². The van der Waals surface area contributed by atoms with Crippen molar-refractivity contribution in [3.63, 3.8) is 0 Å². The van der Waals surface area contributed by atoms with Crippen LogP contribution in [0.3, 0.4) is 0 Å². The molecule has 102 valence electrons. The third-order valence-corrected chi connectivity index (χ3v) is 4.09. The normalized spacial score (nSPS) is 24.1. The van der Waals surface area contributed by atoms with Crippen LogP contribution >= 0.6 is 12.4 Å². The minimum absolute atomic E-state index is 0. The first-order valence-corrected chi connectivity index (χ1v) is 6.52. The SMILES string of the molecule is Cc1cc(C)c(CN2CC(C)C(N)C2)cc1C.Cl. The highest BCUT2D eigenvalue weighted by Gasteiger charge is 2.26. The molecule has 1 fully saturated rings. The van der Waals surface area contributed by atoms with E-state index in [1.165, 1.54) is 22.3 Å². The van der Waals surface area contributed by atoms with E-state index in [0.29, 0.717) is 12.0 Å². The van der Waals surface area contributed by atoms with Crippen molar-refractivity contribution in [1.29, 1.82) is 0 Å². The molecule has 2 unspecified atom stereocenters. The minimum Gasteiger partial charge on any atom is -0.326 e. The zero-order chi connectivity index (χ0) is 12.6. The van der Waals surface area contributed by atoms with Crippen molar-refractivity contribution >= 4 is 12.4 Å². The first kappa shape index (κ1) is 15.5. The van der Waals surface area contributed by atoms with Crippen LogP contribution in [0.15, 0.2) is 12.1 Å². The number of aryl methyl sites for hydroxylation is 3. The van der Waals surface area contributed by atoms with Gasteiger partial charge in [-0.05, 0) is 48.9 Å². The Bertz CT molecular complexity index is 407. The summed E-state index contributed by atoms with van der Waals surface area (Å²) in [6.45, 7) is 12.0. The molecular formula is C15H25ClN2. The highest BCUT2D eigenvalue weighted by atomic mass is 35.5. The number of likely N-dealkylation sites (tertiary alicyclic amines) is 1. The van der Waals surface area contributed by atoms with Crippen LogP contribution in [0.5, 0.6) is 0 Å². The van der Waals surface area contributed by atoms with E-state index >= 15 is 0 Å². The third kappa shape index (κ3) is 3.25. The van der Waals surface area contributed by atoms with Gasteiger partial charge >= 0.3 is 0 Å². The summed E-state index contributed by atoms with van der Waals surface area (Å²) < 4.78 is 0. The number of nitrogens with zero attached hydrogens (tertiary/aromatic N) is 1. The first-order chi connectivity index (χ1) is 7.97. The highest BCUT2D eigenvalue weighted by molar-refractivity contribution is 5.85. The van der Waals surface area contributed by atoms with E-state index in [4.69, 9.17) is 5.73 Å². The summed E-state index contributed by atoms with van der Waals surface area (Å²) in [5, 5.41) is 0. The molecule has 3 heteroatoms. The Kier molecular flexibility index (Phi) is 5.20. The Morgan fingerprint density at radius 3 is 2.28 bits per heavy atom. The van der Waals surface area contributed by atoms with Crippen molar-refractivity contribution in [3.05, 3.63) is 34.4 Å². The second kappa shape index (κ2) is 6.05. The Balaban J connectivity index is 0.00000162. The molecule has 0 spiro atoms. The molecule has 0 amide bonds. The summed E-state index contributed by atoms with van der Waals surface area (Å²) in [7, 11) is 0. The average Bonchev–Trinajstić information content (AvgIpc) is 2.55. The van der Waals surface area contributed by atoms with Gasteiger partial charge in [0.05, 0.1) is 0 Å². The molecule has 0 radical (unpaired) electrons. The molecule has 0 aromatic heterocycles. The Morgan fingerprint density at radius 2 is 1.72 bits per heavy atom. The summed E-state index contributed by atoms with van der Waals surface area (Å²) in [5.74, 6) is 0.627. The fraction of sp³-hybridized carbons (Fsp3) is 0.600. The monoisotopic (exact) mass is 268 g/mol. The van der Waals surface area contributed by atoms with E-state index in [-0.39, 0.29) is 12.4 Å². The molecule has 1 heterocycles. The second-order valence-corrected chi connectivity index (χ2v) is 5.70. The molecule has 0 bridgehead atoms. The summed E-state index contributed by atoms with van der Waals surface area (Å²) in [6.07, 6.45) is 0. The number of hydrogen-bond acceptors (Lipinski definition) is 2. The van der Waals surface area contributed by atoms with Crippen molar-refractivity contribution in [3.8, 4) is 0 Å². The molecule has 1 aliphatic rings. The Hall–Kier alpha value is -0.570. The van der Waals surface area contributed by atoms with Gasteiger partial charge in [-0.25, -0.2) is 0 Å². The van der Waals surface area contributed by atoms with E-state index in [1.54, 1.807) is 0 Å². The molecule has 2 rings (SSSR count). The zero-order valence-electron chi connectivity index (χ0n) is 11.9. The van der Waals surface area contributed by atoms with E-state index < -0.39 is 0 Å². The van der Waals surface area contributed by atoms with Gasteiger partial charge in [-0.15, -0.1) is 12.4 Å². The molecule has 2 N–H and O–H groups in total. The second-order valence-electron chi connectivity index (χ2n) is 5.70. The van der Waals surface area contributed by atoms with Gasteiger partial charge in [0.25, 0.3) is 0 Å². The molecule has 1 aromatic rings. The largest absolute Gasteiger partial charge is 0.326 e.